The number of hydrogen-bond donors (Lipinski definition) is 2. The topological polar surface area (TPSA) is 79.3 Å². The molecule has 0 aromatic rings. The summed E-state index contributed by atoms with van der Waals surface area (Å²) in [6, 6.07) is 0. The minimum atomic E-state index is -0.897. The molecule has 2 N–H and O–H groups in total. The SMILES string of the molecule is C=C1C(=O)O[C@]2(C)CC[C@@H]1C[C@@H]1OC1(C)CC(O)/C=C(\C)CC[C@@H]2O. The van der Waals surface area contributed by atoms with Crippen LogP contribution in [0, 0.1) is 5.92 Å². The molecule has 0 aromatic heterocycles. The van der Waals surface area contributed by atoms with Crippen LogP contribution in [0.4, 0.5) is 0 Å². The van der Waals surface area contributed by atoms with Crippen molar-refractivity contribution in [1.82, 2.24) is 0 Å². The summed E-state index contributed by atoms with van der Waals surface area (Å²) < 4.78 is 11.5. The van der Waals surface area contributed by atoms with Crippen molar-refractivity contribution in [2.24, 2.45) is 5.92 Å². The van der Waals surface area contributed by atoms with E-state index < -0.39 is 23.8 Å². The van der Waals surface area contributed by atoms with Crippen LogP contribution in [0.15, 0.2) is 23.8 Å². The lowest BCUT2D eigenvalue weighted by atomic mass is 9.82. The first-order valence-electron chi connectivity index (χ1n) is 9.26. The monoisotopic (exact) mass is 350 g/mol. The van der Waals surface area contributed by atoms with E-state index in [4.69, 9.17) is 9.47 Å². The van der Waals surface area contributed by atoms with Crippen molar-refractivity contribution in [3.05, 3.63) is 23.8 Å². The van der Waals surface area contributed by atoms with Crippen molar-refractivity contribution in [1.29, 1.82) is 0 Å². The first-order chi connectivity index (χ1) is 11.6. The first-order valence-corrected chi connectivity index (χ1v) is 9.26. The fraction of sp³-hybridized carbons (Fsp3) is 0.750. The minimum absolute atomic E-state index is 0.00860. The van der Waals surface area contributed by atoms with Gasteiger partial charge in [-0.1, -0.05) is 18.2 Å². The van der Waals surface area contributed by atoms with Crippen molar-refractivity contribution in [3.63, 3.8) is 0 Å². The number of rotatable bonds is 0. The molecular weight excluding hydrogens is 320 g/mol. The number of allylic oxidation sites excluding steroid dienone is 1. The van der Waals surface area contributed by atoms with Gasteiger partial charge < -0.3 is 19.7 Å². The third-order valence-corrected chi connectivity index (χ3v) is 6.21. The van der Waals surface area contributed by atoms with Gasteiger partial charge in [0.25, 0.3) is 0 Å². The third-order valence-electron chi connectivity index (χ3n) is 6.21. The molecule has 2 saturated heterocycles. The Hall–Kier alpha value is -1.17. The lowest BCUT2D eigenvalue weighted by Crippen LogP contribution is -2.43. The van der Waals surface area contributed by atoms with E-state index in [1.807, 2.05) is 26.8 Å². The number of hydrogen-bond acceptors (Lipinski definition) is 5. The van der Waals surface area contributed by atoms with Gasteiger partial charge in [-0.3, -0.25) is 0 Å². The van der Waals surface area contributed by atoms with Crippen LogP contribution in [0.1, 0.15) is 59.3 Å². The first kappa shape index (κ1) is 18.6. The summed E-state index contributed by atoms with van der Waals surface area (Å²) in [4.78, 5) is 12.5. The summed E-state index contributed by atoms with van der Waals surface area (Å²) >= 11 is 0. The van der Waals surface area contributed by atoms with E-state index in [-0.39, 0.29) is 17.6 Å². The van der Waals surface area contributed by atoms with Crippen LogP contribution in [0.5, 0.6) is 0 Å². The predicted molar refractivity (Wildman–Crippen MR) is 93.9 cm³/mol. The molecule has 140 valence electrons. The summed E-state index contributed by atoms with van der Waals surface area (Å²) in [7, 11) is 0. The average Bonchev–Trinajstić information content (AvgIpc) is 3.17. The molecule has 0 spiro atoms. The fourth-order valence-corrected chi connectivity index (χ4v) is 4.21. The zero-order valence-electron chi connectivity index (χ0n) is 15.5. The van der Waals surface area contributed by atoms with Crippen molar-refractivity contribution >= 4 is 5.97 Å². The lowest BCUT2D eigenvalue weighted by Gasteiger charge is -2.33. The van der Waals surface area contributed by atoms with Crippen LogP contribution >= 0.6 is 0 Å². The molecule has 1 aliphatic carbocycles. The van der Waals surface area contributed by atoms with E-state index in [0.29, 0.717) is 37.7 Å². The van der Waals surface area contributed by atoms with E-state index in [2.05, 4.69) is 6.58 Å². The zero-order chi connectivity index (χ0) is 18.4. The van der Waals surface area contributed by atoms with E-state index in [0.717, 1.165) is 12.0 Å². The van der Waals surface area contributed by atoms with Gasteiger partial charge in [-0.05, 0) is 58.8 Å². The van der Waals surface area contributed by atoms with Gasteiger partial charge in [0.2, 0.25) is 0 Å². The largest absolute Gasteiger partial charge is 0.453 e. The van der Waals surface area contributed by atoms with Crippen LogP contribution in [-0.4, -0.2) is 45.7 Å². The summed E-state index contributed by atoms with van der Waals surface area (Å²) in [5.74, 6) is -0.417. The van der Waals surface area contributed by atoms with Gasteiger partial charge in [-0.25, -0.2) is 4.79 Å². The molecule has 2 heterocycles. The molecule has 25 heavy (non-hydrogen) atoms. The number of fused-ring (bicyclic) bond motifs is 4. The number of esters is 1. The Kier molecular flexibility index (Phi) is 4.86. The highest BCUT2D eigenvalue weighted by Crippen LogP contribution is 2.47. The highest BCUT2D eigenvalue weighted by atomic mass is 16.6. The molecule has 0 amide bonds. The number of epoxide rings is 1. The normalized spacial score (nSPS) is 47.8. The third kappa shape index (κ3) is 3.83. The predicted octanol–water partition coefficient (Wildman–Crippen LogP) is 2.65. The van der Waals surface area contributed by atoms with Gasteiger partial charge in [0.05, 0.1) is 23.9 Å². The number of ether oxygens (including phenoxy) is 2. The van der Waals surface area contributed by atoms with Crippen LogP contribution in [-0.2, 0) is 14.3 Å². The summed E-state index contributed by atoms with van der Waals surface area (Å²) in [5, 5.41) is 21.0. The van der Waals surface area contributed by atoms with Crippen molar-refractivity contribution in [2.45, 2.75) is 88.8 Å². The molecule has 5 nitrogen and oxygen atoms in total. The van der Waals surface area contributed by atoms with E-state index in [9.17, 15) is 15.0 Å². The number of aliphatic hydroxyl groups excluding tert-OH is 2. The highest BCUT2D eigenvalue weighted by molar-refractivity contribution is 5.89. The molecule has 3 aliphatic rings. The molecule has 2 aliphatic heterocycles. The fourth-order valence-electron chi connectivity index (χ4n) is 4.21. The van der Waals surface area contributed by atoms with Gasteiger partial charge in [-0.2, -0.15) is 0 Å². The van der Waals surface area contributed by atoms with Gasteiger partial charge in [0.1, 0.15) is 5.60 Å². The standard InChI is InChI=1S/C20H30O5/c1-12-5-6-16(22)19(3)8-7-14(13(2)18(23)25-19)10-17-20(4,24-17)11-15(21)9-12/h9,14-17,21-22H,2,5-8,10-11H2,1,3-4H3/b12-9+/t14-,15?,16+,17+,19-,20?/m1/s1. The van der Waals surface area contributed by atoms with Crippen molar-refractivity contribution in [2.75, 3.05) is 0 Å². The molecule has 0 aromatic carbocycles. The van der Waals surface area contributed by atoms with E-state index in [1.165, 1.54) is 0 Å². The lowest BCUT2D eigenvalue weighted by molar-refractivity contribution is -0.165. The number of carbonyl (C=O) groups excluding carboxylic acids is 1. The number of aliphatic hydroxyl groups is 2. The summed E-state index contributed by atoms with van der Waals surface area (Å²) in [5.41, 5.74) is 0.249. The van der Waals surface area contributed by atoms with Crippen LogP contribution in [0.3, 0.4) is 0 Å². The van der Waals surface area contributed by atoms with E-state index in [1.54, 1.807) is 0 Å². The molecule has 3 rings (SSSR count). The van der Waals surface area contributed by atoms with E-state index >= 15 is 0 Å². The minimum Gasteiger partial charge on any atom is -0.453 e. The Morgan fingerprint density at radius 1 is 1.24 bits per heavy atom. The second-order valence-electron chi connectivity index (χ2n) is 8.46. The van der Waals surface area contributed by atoms with Crippen molar-refractivity contribution in [3.8, 4) is 0 Å². The maximum atomic E-state index is 12.5. The maximum Gasteiger partial charge on any atom is 0.334 e. The molecule has 5 heteroatoms. The summed E-state index contributed by atoms with van der Waals surface area (Å²) in [6.07, 6.45) is 4.29. The van der Waals surface area contributed by atoms with Gasteiger partial charge in [0.15, 0.2) is 0 Å². The Morgan fingerprint density at radius 2 is 1.96 bits per heavy atom. The molecule has 0 saturated carbocycles. The Balaban J connectivity index is 1.88. The molecule has 2 unspecified atom stereocenters. The van der Waals surface area contributed by atoms with Gasteiger partial charge in [-0.15, -0.1) is 0 Å². The Morgan fingerprint density at radius 3 is 2.68 bits per heavy atom. The van der Waals surface area contributed by atoms with Crippen molar-refractivity contribution < 1.29 is 24.5 Å². The Bertz CT molecular complexity index is 597. The van der Waals surface area contributed by atoms with Gasteiger partial charge in [0, 0.05) is 12.0 Å². The average molecular weight is 350 g/mol. The second-order valence-corrected chi connectivity index (χ2v) is 8.46. The summed E-state index contributed by atoms with van der Waals surface area (Å²) in [6.45, 7) is 9.73. The maximum absolute atomic E-state index is 12.5. The number of carbonyl (C=O) groups is 1. The smallest absolute Gasteiger partial charge is 0.334 e. The quantitative estimate of drug-likeness (QED) is 0.304. The van der Waals surface area contributed by atoms with Crippen LogP contribution in [0.25, 0.3) is 0 Å². The zero-order valence-corrected chi connectivity index (χ0v) is 15.5. The second kappa shape index (κ2) is 6.53. The molecule has 6 atom stereocenters. The van der Waals surface area contributed by atoms with Crippen LogP contribution in [0.2, 0.25) is 0 Å². The molecule has 2 bridgehead atoms. The molecule has 0 radical (unpaired) electrons. The highest BCUT2D eigenvalue weighted by Gasteiger charge is 2.54. The van der Waals surface area contributed by atoms with Gasteiger partial charge >= 0.3 is 5.97 Å². The van der Waals surface area contributed by atoms with Crippen LogP contribution < -0.4 is 0 Å². The molecular formula is C20H30O5. The molecule has 2 fully saturated rings. The Labute approximate surface area is 149 Å².